The Morgan fingerprint density at radius 1 is 0.895 bits per heavy atom. The van der Waals surface area contributed by atoms with E-state index < -0.39 is 28.1 Å². The van der Waals surface area contributed by atoms with Crippen LogP contribution in [0.25, 0.3) is 10.8 Å². The number of sulfonamides is 1. The third-order valence-corrected chi connectivity index (χ3v) is 7.88. The fraction of sp³-hybridized carbons (Fsp3) is 0.214. The lowest BCUT2D eigenvalue weighted by atomic mass is 10.1. The lowest BCUT2D eigenvalue weighted by Crippen LogP contribution is -2.33. The second-order valence-electron chi connectivity index (χ2n) is 8.65. The zero-order valence-electron chi connectivity index (χ0n) is 21.1. The summed E-state index contributed by atoms with van der Waals surface area (Å²) in [6.07, 6.45) is 2.40. The fourth-order valence-corrected chi connectivity index (χ4v) is 5.12. The zero-order valence-corrected chi connectivity index (χ0v) is 22.0. The Hall–Kier alpha value is -3.99. The first kappa shape index (κ1) is 27.1. The monoisotopic (exact) mass is 532 g/mol. The maximum atomic E-state index is 13.5. The number of amides is 1. The van der Waals surface area contributed by atoms with E-state index in [9.17, 15) is 18.0 Å². The van der Waals surface area contributed by atoms with Crippen molar-refractivity contribution in [1.29, 1.82) is 0 Å². The summed E-state index contributed by atoms with van der Waals surface area (Å²) < 4.78 is 32.5. The molecule has 0 N–H and O–H groups in total. The molecule has 0 radical (unpaired) electrons. The molecule has 1 heterocycles. The first-order chi connectivity index (χ1) is 18.3. The van der Waals surface area contributed by atoms with Crippen LogP contribution in [0.4, 0.5) is 5.69 Å². The number of aromatic nitrogens is 2. The van der Waals surface area contributed by atoms with E-state index in [0.717, 1.165) is 16.3 Å². The molecule has 0 unspecified atom stereocenters. The molecular formula is C28H28N4O5S. The number of likely N-dealkylation sites (N-methyl/N-ethyl adjacent to an activating group) is 1. The largest absolute Gasteiger partial charge is 0.383 e. The Kier molecular flexibility index (Phi) is 8.57. The lowest BCUT2D eigenvalue weighted by molar-refractivity contribution is -0.117. The number of hydrogen-bond donors (Lipinski definition) is 0. The molecule has 4 aromatic rings. The van der Waals surface area contributed by atoms with Gasteiger partial charge in [0.1, 0.15) is 0 Å². The highest BCUT2D eigenvalue weighted by Gasteiger charge is 2.25. The van der Waals surface area contributed by atoms with E-state index in [2.05, 4.69) is 9.97 Å². The van der Waals surface area contributed by atoms with Gasteiger partial charge in [-0.15, -0.1) is 0 Å². The summed E-state index contributed by atoms with van der Waals surface area (Å²) in [6, 6.07) is 21.4. The van der Waals surface area contributed by atoms with E-state index in [-0.39, 0.29) is 30.4 Å². The highest BCUT2D eigenvalue weighted by molar-refractivity contribution is 7.89. The van der Waals surface area contributed by atoms with Gasteiger partial charge in [-0.1, -0.05) is 42.5 Å². The minimum absolute atomic E-state index is 0.0302. The maximum Gasteiger partial charge on any atom is 0.242 e. The van der Waals surface area contributed by atoms with Crippen LogP contribution in [0.15, 0.2) is 90.1 Å². The summed E-state index contributed by atoms with van der Waals surface area (Å²) in [7, 11) is -0.863. The molecule has 3 aromatic carbocycles. The van der Waals surface area contributed by atoms with Crippen LogP contribution in [0.3, 0.4) is 0 Å². The van der Waals surface area contributed by atoms with Crippen LogP contribution in [0.1, 0.15) is 22.6 Å². The van der Waals surface area contributed by atoms with Gasteiger partial charge in [0.15, 0.2) is 5.82 Å². The van der Waals surface area contributed by atoms with Crippen molar-refractivity contribution in [3.63, 3.8) is 0 Å². The Bertz CT molecular complexity index is 1540. The van der Waals surface area contributed by atoms with Crippen molar-refractivity contribution in [3.8, 4) is 0 Å². The van der Waals surface area contributed by atoms with Gasteiger partial charge in [0.25, 0.3) is 0 Å². The van der Waals surface area contributed by atoms with Crippen molar-refractivity contribution in [2.75, 3.05) is 32.2 Å². The number of carbonyl (C=O) groups is 2. The SMILES string of the molecule is COCCN(C)S(=O)(=O)c1cccc(N(Cc2ccc3ccccc3c2)C(=O)CC(=O)c2ncccn2)c1. The van der Waals surface area contributed by atoms with E-state index in [1.807, 2.05) is 42.5 Å². The Morgan fingerprint density at radius 2 is 1.63 bits per heavy atom. The molecule has 9 nitrogen and oxygen atoms in total. The summed E-state index contributed by atoms with van der Waals surface area (Å²) >= 11 is 0. The molecule has 0 saturated carbocycles. The summed E-state index contributed by atoms with van der Waals surface area (Å²) in [6.45, 7) is 0.551. The molecule has 0 aliphatic carbocycles. The molecule has 0 aliphatic heterocycles. The van der Waals surface area contributed by atoms with Crippen molar-refractivity contribution in [2.45, 2.75) is 17.9 Å². The van der Waals surface area contributed by atoms with Gasteiger partial charge in [0, 0.05) is 38.8 Å². The van der Waals surface area contributed by atoms with Crippen molar-refractivity contribution < 1.29 is 22.7 Å². The first-order valence-electron chi connectivity index (χ1n) is 11.9. The van der Waals surface area contributed by atoms with Crippen LogP contribution in [0, 0.1) is 0 Å². The Morgan fingerprint density at radius 3 is 2.37 bits per heavy atom. The van der Waals surface area contributed by atoms with Crippen LogP contribution < -0.4 is 4.90 Å². The van der Waals surface area contributed by atoms with Crippen molar-refractivity contribution in [1.82, 2.24) is 14.3 Å². The number of Topliss-reactive ketones (excluding diaryl/α,β-unsaturated/α-hetero) is 1. The smallest absolute Gasteiger partial charge is 0.242 e. The molecule has 38 heavy (non-hydrogen) atoms. The van der Waals surface area contributed by atoms with Crippen molar-refractivity contribution in [2.24, 2.45) is 0 Å². The number of benzene rings is 3. The quantitative estimate of drug-likeness (QED) is 0.214. The van der Waals surface area contributed by atoms with Crippen LogP contribution in [-0.2, 0) is 26.1 Å². The third kappa shape index (κ3) is 6.28. The number of hydrogen-bond acceptors (Lipinski definition) is 7. The van der Waals surface area contributed by atoms with Crippen LogP contribution in [0.5, 0.6) is 0 Å². The number of carbonyl (C=O) groups excluding carboxylic acids is 2. The molecule has 1 amide bonds. The van der Waals surface area contributed by atoms with Gasteiger partial charge >= 0.3 is 0 Å². The van der Waals surface area contributed by atoms with E-state index in [0.29, 0.717) is 5.69 Å². The molecule has 0 fully saturated rings. The van der Waals surface area contributed by atoms with Gasteiger partial charge in [-0.2, -0.15) is 4.31 Å². The average molecular weight is 533 g/mol. The van der Waals surface area contributed by atoms with E-state index >= 15 is 0 Å². The number of ether oxygens (including phenoxy) is 1. The molecule has 0 saturated heterocycles. The topological polar surface area (TPSA) is 110 Å². The molecule has 0 bridgehead atoms. The second kappa shape index (κ2) is 12.0. The molecule has 0 atom stereocenters. The highest BCUT2D eigenvalue weighted by atomic mass is 32.2. The minimum Gasteiger partial charge on any atom is -0.383 e. The number of anilines is 1. The standard InChI is InChI=1S/C28H28N4O5S/c1-31(15-16-37-2)38(35,36)25-10-5-9-24(18-25)32(27(34)19-26(33)28-29-13-6-14-30-28)20-21-11-12-22-7-3-4-8-23(22)17-21/h3-14,17-18H,15-16,19-20H2,1-2H3. The summed E-state index contributed by atoms with van der Waals surface area (Å²) in [4.78, 5) is 35.6. The second-order valence-corrected chi connectivity index (χ2v) is 10.7. The van der Waals surface area contributed by atoms with Gasteiger partial charge in [-0.05, 0) is 46.7 Å². The lowest BCUT2D eigenvalue weighted by Gasteiger charge is -2.24. The zero-order chi connectivity index (χ0) is 27.1. The average Bonchev–Trinajstić information content (AvgIpc) is 2.94. The van der Waals surface area contributed by atoms with Gasteiger partial charge in [-0.25, -0.2) is 18.4 Å². The molecule has 196 valence electrons. The van der Waals surface area contributed by atoms with E-state index in [1.54, 1.807) is 18.2 Å². The van der Waals surface area contributed by atoms with Crippen LogP contribution in [0.2, 0.25) is 0 Å². The molecule has 4 rings (SSSR count). The fourth-order valence-electron chi connectivity index (χ4n) is 3.93. The Labute approximate surface area is 221 Å². The molecule has 10 heteroatoms. The predicted molar refractivity (Wildman–Crippen MR) is 144 cm³/mol. The molecule has 0 spiro atoms. The van der Waals surface area contributed by atoms with Gasteiger partial charge in [0.05, 0.1) is 24.5 Å². The van der Waals surface area contributed by atoms with E-state index in [4.69, 9.17) is 4.74 Å². The highest BCUT2D eigenvalue weighted by Crippen LogP contribution is 2.25. The maximum absolute atomic E-state index is 13.5. The van der Waals surface area contributed by atoms with Crippen LogP contribution in [-0.4, -0.2) is 61.7 Å². The number of fused-ring (bicyclic) bond motifs is 1. The van der Waals surface area contributed by atoms with Gasteiger partial charge in [-0.3, -0.25) is 9.59 Å². The third-order valence-electron chi connectivity index (χ3n) is 6.03. The van der Waals surface area contributed by atoms with Crippen molar-refractivity contribution in [3.05, 3.63) is 96.6 Å². The van der Waals surface area contributed by atoms with E-state index in [1.165, 1.54) is 47.9 Å². The minimum atomic E-state index is -3.83. The summed E-state index contributed by atoms with van der Waals surface area (Å²) in [5, 5.41) is 2.06. The van der Waals surface area contributed by atoms with Gasteiger partial charge in [0.2, 0.25) is 21.7 Å². The number of nitrogens with zero attached hydrogens (tertiary/aromatic N) is 4. The molecule has 1 aromatic heterocycles. The predicted octanol–water partition coefficient (Wildman–Crippen LogP) is 3.70. The number of rotatable bonds is 11. The molecular weight excluding hydrogens is 504 g/mol. The summed E-state index contributed by atoms with van der Waals surface area (Å²) in [5.41, 5.74) is 1.18. The normalized spacial score (nSPS) is 11.6. The van der Waals surface area contributed by atoms with Crippen molar-refractivity contribution >= 4 is 38.2 Å². The summed E-state index contributed by atoms with van der Waals surface area (Å²) in [5.74, 6) is -1.08. The number of ketones is 1. The van der Waals surface area contributed by atoms with Crippen LogP contribution >= 0.6 is 0 Å². The number of methoxy groups -OCH3 is 1. The van der Waals surface area contributed by atoms with Gasteiger partial charge < -0.3 is 9.64 Å². The Balaban J connectivity index is 1.69. The molecule has 0 aliphatic rings. The first-order valence-corrected chi connectivity index (χ1v) is 13.4.